The molecule has 1 heterocycles. The van der Waals surface area contributed by atoms with Crippen LogP contribution in [0.5, 0.6) is 0 Å². The lowest BCUT2D eigenvalue weighted by Crippen LogP contribution is -2.41. The maximum absolute atomic E-state index is 6.08. The van der Waals surface area contributed by atoms with Crippen molar-refractivity contribution >= 4 is 24.3 Å². The average molecular weight is 264 g/mol. The van der Waals surface area contributed by atoms with Crippen LogP contribution in [0.3, 0.4) is 0 Å². The molecule has 1 fully saturated rings. The molecule has 2 nitrogen and oxygen atoms in total. The molecule has 0 aromatic heterocycles. The maximum Gasteiger partial charge on any atom is 0.495 e. The molecule has 0 N–H and O–H groups in total. The molecule has 1 aromatic carbocycles. The Kier molecular flexibility index (Phi) is 3.56. The van der Waals surface area contributed by atoms with Crippen molar-refractivity contribution in [3.63, 3.8) is 0 Å². The molecule has 0 amide bonds. The molecule has 2 rings (SSSR count). The van der Waals surface area contributed by atoms with E-state index in [2.05, 4.69) is 59.1 Å². The van der Waals surface area contributed by atoms with Crippen molar-refractivity contribution in [1.82, 2.24) is 0 Å². The van der Waals surface area contributed by atoms with Crippen molar-refractivity contribution < 1.29 is 9.31 Å². The highest BCUT2D eigenvalue weighted by Gasteiger charge is 2.51. The third-order valence-electron chi connectivity index (χ3n) is 3.98. The summed E-state index contributed by atoms with van der Waals surface area (Å²) in [7, 11) is -0.258. The van der Waals surface area contributed by atoms with Gasteiger partial charge >= 0.3 is 7.12 Å². The maximum atomic E-state index is 6.08. The zero-order chi connectivity index (χ0) is 13.6. The predicted octanol–water partition coefficient (Wildman–Crippen LogP) is 3.02. The van der Waals surface area contributed by atoms with E-state index in [4.69, 9.17) is 9.31 Å². The normalized spacial score (nSPS) is 21.3. The summed E-state index contributed by atoms with van der Waals surface area (Å²) < 4.78 is 12.2. The predicted molar refractivity (Wildman–Crippen MR) is 78.7 cm³/mol. The summed E-state index contributed by atoms with van der Waals surface area (Å²) in [5, 5.41) is 0. The fourth-order valence-corrected chi connectivity index (χ4v) is 2.51. The Bertz CT molecular complexity index is 441. The number of benzene rings is 1. The van der Waals surface area contributed by atoms with E-state index >= 15 is 0 Å². The Morgan fingerprint density at radius 2 is 1.61 bits per heavy atom. The van der Waals surface area contributed by atoms with Crippen LogP contribution in [0.15, 0.2) is 23.1 Å². The number of rotatable bonds is 2. The molecule has 0 spiro atoms. The van der Waals surface area contributed by atoms with E-state index in [1.807, 2.05) is 0 Å². The van der Waals surface area contributed by atoms with Crippen LogP contribution in [-0.4, -0.2) is 24.6 Å². The van der Waals surface area contributed by atoms with Gasteiger partial charge in [0.2, 0.25) is 0 Å². The summed E-state index contributed by atoms with van der Waals surface area (Å²) in [5.41, 5.74) is 1.80. The van der Waals surface area contributed by atoms with Crippen molar-refractivity contribution in [1.29, 1.82) is 0 Å². The standard InChI is InChI=1S/C14H21BO2S/c1-10-9-11(18-6)7-8-12(10)15-16-13(2,3)14(4,5)17-15/h7-9H,1-6H3. The molecule has 0 aliphatic carbocycles. The number of aryl methyl sites for hydroxylation is 1. The average Bonchev–Trinajstić information content (AvgIpc) is 2.47. The van der Waals surface area contributed by atoms with Gasteiger partial charge in [-0.15, -0.1) is 11.8 Å². The quantitative estimate of drug-likeness (QED) is 0.604. The zero-order valence-corrected chi connectivity index (χ0v) is 12.9. The first-order valence-electron chi connectivity index (χ1n) is 6.27. The van der Waals surface area contributed by atoms with Crippen LogP contribution < -0.4 is 5.46 Å². The van der Waals surface area contributed by atoms with E-state index < -0.39 is 0 Å². The van der Waals surface area contributed by atoms with E-state index in [9.17, 15) is 0 Å². The van der Waals surface area contributed by atoms with Crippen LogP contribution in [0.2, 0.25) is 0 Å². The van der Waals surface area contributed by atoms with Crippen molar-refractivity contribution in [2.75, 3.05) is 6.26 Å². The molecule has 0 saturated carbocycles. The first-order chi connectivity index (χ1) is 8.27. The summed E-state index contributed by atoms with van der Waals surface area (Å²) in [6.07, 6.45) is 2.09. The van der Waals surface area contributed by atoms with Crippen LogP contribution in [0.1, 0.15) is 33.3 Å². The fraction of sp³-hybridized carbons (Fsp3) is 0.571. The summed E-state index contributed by atoms with van der Waals surface area (Å²) in [6, 6.07) is 6.42. The van der Waals surface area contributed by atoms with Gasteiger partial charge in [-0.1, -0.05) is 11.6 Å². The third-order valence-corrected chi connectivity index (χ3v) is 4.71. The van der Waals surface area contributed by atoms with Gasteiger partial charge in [0.15, 0.2) is 0 Å². The molecule has 0 atom stereocenters. The lowest BCUT2D eigenvalue weighted by molar-refractivity contribution is 0.00578. The van der Waals surface area contributed by atoms with E-state index in [-0.39, 0.29) is 18.3 Å². The van der Waals surface area contributed by atoms with Gasteiger partial charge in [0.05, 0.1) is 11.2 Å². The number of hydrogen-bond donors (Lipinski definition) is 0. The van der Waals surface area contributed by atoms with Crippen molar-refractivity contribution in [3.8, 4) is 0 Å². The summed E-state index contributed by atoms with van der Waals surface area (Å²) in [5.74, 6) is 0. The minimum atomic E-state index is -0.276. The lowest BCUT2D eigenvalue weighted by atomic mass is 9.76. The van der Waals surface area contributed by atoms with E-state index in [0.717, 1.165) is 5.46 Å². The molecule has 1 aromatic rings. The molecule has 0 bridgehead atoms. The number of thioether (sulfide) groups is 1. The van der Waals surface area contributed by atoms with Gasteiger partial charge in [0.1, 0.15) is 0 Å². The van der Waals surface area contributed by atoms with Crippen LogP contribution in [0.4, 0.5) is 0 Å². The molecule has 0 unspecified atom stereocenters. The largest absolute Gasteiger partial charge is 0.495 e. The molecule has 1 aliphatic heterocycles. The SMILES string of the molecule is CSc1ccc(B2OC(C)(C)C(C)(C)O2)c(C)c1. The molecule has 18 heavy (non-hydrogen) atoms. The lowest BCUT2D eigenvalue weighted by Gasteiger charge is -2.32. The van der Waals surface area contributed by atoms with E-state index in [1.165, 1.54) is 10.5 Å². The highest BCUT2D eigenvalue weighted by Crippen LogP contribution is 2.36. The van der Waals surface area contributed by atoms with Gasteiger partial charge in [0, 0.05) is 4.90 Å². The Hall–Kier alpha value is -0.445. The second-order valence-corrected chi connectivity index (χ2v) is 6.69. The van der Waals surface area contributed by atoms with E-state index in [0.29, 0.717) is 0 Å². The highest BCUT2D eigenvalue weighted by atomic mass is 32.2. The van der Waals surface area contributed by atoms with Gasteiger partial charge in [-0.05, 0) is 58.5 Å². The first-order valence-corrected chi connectivity index (χ1v) is 7.49. The van der Waals surface area contributed by atoms with Gasteiger partial charge < -0.3 is 9.31 Å². The number of hydrogen-bond acceptors (Lipinski definition) is 3. The fourth-order valence-electron chi connectivity index (χ4n) is 2.01. The Labute approximate surface area is 115 Å². The summed E-state index contributed by atoms with van der Waals surface area (Å²) >= 11 is 1.75. The molecule has 1 aliphatic rings. The third kappa shape index (κ3) is 2.34. The highest BCUT2D eigenvalue weighted by molar-refractivity contribution is 7.98. The summed E-state index contributed by atoms with van der Waals surface area (Å²) in [6.45, 7) is 10.4. The van der Waals surface area contributed by atoms with Crippen molar-refractivity contribution in [2.24, 2.45) is 0 Å². The monoisotopic (exact) mass is 264 g/mol. The minimum Gasteiger partial charge on any atom is -0.399 e. The molecule has 0 radical (unpaired) electrons. The van der Waals surface area contributed by atoms with E-state index in [1.54, 1.807) is 11.8 Å². The summed E-state index contributed by atoms with van der Waals surface area (Å²) in [4.78, 5) is 1.27. The van der Waals surface area contributed by atoms with Gasteiger partial charge in [-0.3, -0.25) is 0 Å². The van der Waals surface area contributed by atoms with Crippen LogP contribution in [-0.2, 0) is 9.31 Å². The second-order valence-electron chi connectivity index (χ2n) is 5.81. The Balaban J connectivity index is 2.30. The first kappa shape index (κ1) is 14.0. The second kappa shape index (κ2) is 4.59. The van der Waals surface area contributed by atoms with Gasteiger partial charge in [0.25, 0.3) is 0 Å². The van der Waals surface area contributed by atoms with Crippen LogP contribution >= 0.6 is 11.8 Å². The molecular weight excluding hydrogens is 243 g/mol. The Morgan fingerprint density at radius 1 is 1.06 bits per heavy atom. The minimum absolute atomic E-state index is 0.258. The van der Waals surface area contributed by atoms with Crippen molar-refractivity contribution in [3.05, 3.63) is 23.8 Å². The smallest absolute Gasteiger partial charge is 0.399 e. The molecule has 98 valence electrons. The molecule has 1 saturated heterocycles. The molecular formula is C14H21BO2S. The van der Waals surface area contributed by atoms with Crippen LogP contribution in [0, 0.1) is 6.92 Å². The van der Waals surface area contributed by atoms with Crippen LogP contribution in [0.25, 0.3) is 0 Å². The zero-order valence-electron chi connectivity index (χ0n) is 12.0. The Morgan fingerprint density at radius 3 is 2.06 bits per heavy atom. The van der Waals surface area contributed by atoms with Gasteiger partial charge in [-0.25, -0.2) is 0 Å². The topological polar surface area (TPSA) is 18.5 Å². The van der Waals surface area contributed by atoms with Gasteiger partial charge in [-0.2, -0.15) is 0 Å². The van der Waals surface area contributed by atoms with Crippen molar-refractivity contribution in [2.45, 2.75) is 50.7 Å². The molecule has 4 heteroatoms.